The van der Waals surface area contributed by atoms with E-state index in [1.165, 1.54) is 0 Å². The lowest BCUT2D eigenvalue weighted by Crippen LogP contribution is -2.26. The van der Waals surface area contributed by atoms with Gasteiger partial charge in [0.25, 0.3) is 5.91 Å². The first-order valence-electron chi connectivity index (χ1n) is 5.42. The van der Waals surface area contributed by atoms with Crippen molar-refractivity contribution in [3.63, 3.8) is 0 Å². The molecule has 3 nitrogen and oxygen atoms in total. The molecular weight excluding hydrogens is 397 g/mol. The molecule has 1 aromatic heterocycles. The zero-order valence-corrected chi connectivity index (χ0v) is 13.9. The Labute approximate surface area is 132 Å². The molecule has 6 heteroatoms. The third-order valence-electron chi connectivity index (χ3n) is 2.53. The second-order valence-electron chi connectivity index (χ2n) is 3.99. The Kier molecular flexibility index (Phi) is 4.71. The highest BCUT2D eigenvalue weighted by Gasteiger charge is 2.16. The number of amides is 1. The summed E-state index contributed by atoms with van der Waals surface area (Å²) in [5.74, 6) is 0.549. The topological polar surface area (TPSA) is 33.5 Å². The minimum absolute atomic E-state index is 0.154. The Morgan fingerprint density at radius 2 is 2.05 bits per heavy atom. The highest BCUT2D eigenvalue weighted by atomic mass is 79.9. The van der Waals surface area contributed by atoms with Gasteiger partial charge in [0.05, 0.1) is 17.1 Å². The van der Waals surface area contributed by atoms with Crippen LogP contribution in [-0.2, 0) is 6.54 Å². The third kappa shape index (κ3) is 3.61. The van der Waals surface area contributed by atoms with Crippen LogP contribution in [-0.4, -0.2) is 17.9 Å². The molecule has 1 aromatic carbocycles. The van der Waals surface area contributed by atoms with Gasteiger partial charge in [-0.2, -0.15) is 0 Å². The summed E-state index contributed by atoms with van der Waals surface area (Å²) in [5, 5.41) is 0.431. The molecule has 1 heterocycles. The zero-order valence-electron chi connectivity index (χ0n) is 9.99. The molecule has 19 heavy (non-hydrogen) atoms. The maximum atomic E-state index is 12.3. The van der Waals surface area contributed by atoms with Crippen molar-refractivity contribution in [1.82, 2.24) is 4.90 Å². The van der Waals surface area contributed by atoms with Crippen molar-refractivity contribution in [1.29, 1.82) is 0 Å². The van der Waals surface area contributed by atoms with Crippen LogP contribution in [0, 0.1) is 0 Å². The zero-order chi connectivity index (χ0) is 14.0. The van der Waals surface area contributed by atoms with Crippen LogP contribution in [0.15, 0.2) is 43.9 Å². The lowest BCUT2D eigenvalue weighted by atomic mass is 10.2. The Balaban J connectivity index is 2.16. The minimum atomic E-state index is -0.154. The van der Waals surface area contributed by atoms with Crippen molar-refractivity contribution < 1.29 is 9.21 Å². The number of benzene rings is 1. The minimum Gasteiger partial charge on any atom is -0.452 e. The number of carbonyl (C=O) groups excluding carboxylic acids is 1. The maximum Gasteiger partial charge on any atom is 0.255 e. The summed E-state index contributed by atoms with van der Waals surface area (Å²) in [6.07, 6.45) is 0. The molecule has 0 spiro atoms. The lowest BCUT2D eigenvalue weighted by molar-refractivity contribution is 0.0775. The van der Waals surface area contributed by atoms with Crippen LogP contribution in [0.4, 0.5) is 0 Å². The van der Waals surface area contributed by atoms with Gasteiger partial charge in [0, 0.05) is 11.5 Å². The van der Waals surface area contributed by atoms with Gasteiger partial charge in [0.15, 0.2) is 4.67 Å². The summed E-state index contributed by atoms with van der Waals surface area (Å²) in [4.78, 5) is 13.9. The van der Waals surface area contributed by atoms with Crippen LogP contribution >= 0.6 is 43.5 Å². The fourth-order valence-corrected chi connectivity index (χ4v) is 2.51. The van der Waals surface area contributed by atoms with E-state index in [1.807, 2.05) is 6.07 Å². The van der Waals surface area contributed by atoms with Gasteiger partial charge in [0.2, 0.25) is 0 Å². The van der Waals surface area contributed by atoms with Crippen LogP contribution in [0.25, 0.3) is 0 Å². The molecule has 0 aliphatic rings. The van der Waals surface area contributed by atoms with Crippen LogP contribution < -0.4 is 0 Å². The monoisotopic (exact) mass is 405 g/mol. The first-order chi connectivity index (χ1) is 8.97. The van der Waals surface area contributed by atoms with Crippen molar-refractivity contribution >= 4 is 49.4 Å². The number of furan rings is 1. The van der Waals surface area contributed by atoms with Crippen molar-refractivity contribution in [2.24, 2.45) is 0 Å². The molecule has 0 fully saturated rings. The molecule has 0 saturated carbocycles. The molecule has 0 bridgehead atoms. The number of hydrogen-bond acceptors (Lipinski definition) is 2. The molecule has 0 atom stereocenters. The van der Waals surface area contributed by atoms with Gasteiger partial charge >= 0.3 is 0 Å². The summed E-state index contributed by atoms with van der Waals surface area (Å²) >= 11 is 12.6. The fourth-order valence-electron chi connectivity index (χ4n) is 1.61. The van der Waals surface area contributed by atoms with Gasteiger partial charge in [-0.3, -0.25) is 4.79 Å². The molecule has 0 aliphatic heterocycles. The smallest absolute Gasteiger partial charge is 0.255 e. The first-order valence-corrected chi connectivity index (χ1v) is 7.38. The van der Waals surface area contributed by atoms with E-state index in [2.05, 4.69) is 31.9 Å². The molecular formula is C13H10Br2ClNO2. The van der Waals surface area contributed by atoms with Gasteiger partial charge in [0.1, 0.15) is 5.76 Å². The Morgan fingerprint density at radius 3 is 2.68 bits per heavy atom. The van der Waals surface area contributed by atoms with Gasteiger partial charge in [-0.15, -0.1) is 0 Å². The molecule has 1 amide bonds. The summed E-state index contributed by atoms with van der Waals surface area (Å²) in [6.45, 7) is 0.382. The van der Waals surface area contributed by atoms with E-state index in [4.69, 9.17) is 16.0 Å². The molecule has 0 radical (unpaired) electrons. The van der Waals surface area contributed by atoms with Gasteiger partial charge in [-0.1, -0.05) is 27.5 Å². The van der Waals surface area contributed by atoms with Crippen LogP contribution in [0.1, 0.15) is 16.1 Å². The Hall–Kier alpha value is -0.780. The van der Waals surface area contributed by atoms with E-state index in [1.54, 1.807) is 36.2 Å². The quantitative estimate of drug-likeness (QED) is 0.737. The van der Waals surface area contributed by atoms with E-state index in [-0.39, 0.29) is 5.91 Å². The van der Waals surface area contributed by atoms with Crippen LogP contribution in [0.5, 0.6) is 0 Å². The number of rotatable bonds is 3. The number of hydrogen-bond donors (Lipinski definition) is 0. The van der Waals surface area contributed by atoms with Gasteiger partial charge < -0.3 is 9.32 Å². The summed E-state index contributed by atoms with van der Waals surface area (Å²) in [7, 11) is 1.70. The average molecular weight is 407 g/mol. The van der Waals surface area contributed by atoms with Crippen molar-refractivity contribution in [3.05, 3.63) is 55.8 Å². The van der Waals surface area contributed by atoms with E-state index in [0.717, 1.165) is 4.47 Å². The van der Waals surface area contributed by atoms with E-state index < -0.39 is 0 Å². The first kappa shape index (κ1) is 14.6. The second kappa shape index (κ2) is 6.11. The van der Waals surface area contributed by atoms with Gasteiger partial charge in [-0.05, 0) is 46.3 Å². The highest BCUT2D eigenvalue weighted by Crippen LogP contribution is 2.23. The van der Waals surface area contributed by atoms with Crippen LogP contribution in [0.3, 0.4) is 0 Å². The number of halogens is 3. The largest absolute Gasteiger partial charge is 0.452 e. The standard InChI is InChI=1S/C13H10Br2ClNO2/c1-17(7-9-3-5-12(15)19-9)13(18)10-6-8(14)2-4-11(10)16/h2-6H,7H2,1H3. The predicted octanol–water partition coefficient (Wildman–Crippen LogP) is 4.73. The molecule has 0 aliphatic carbocycles. The second-order valence-corrected chi connectivity index (χ2v) is 6.10. The number of carbonyl (C=O) groups is 1. The maximum absolute atomic E-state index is 12.3. The molecule has 2 aromatic rings. The Morgan fingerprint density at radius 1 is 1.32 bits per heavy atom. The van der Waals surface area contributed by atoms with Gasteiger partial charge in [-0.25, -0.2) is 0 Å². The molecule has 100 valence electrons. The molecule has 0 N–H and O–H groups in total. The summed E-state index contributed by atoms with van der Waals surface area (Å²) in [5.41, 5.74) is 0.462. The van der Waals surface area contributed by atoms with E-state index in [0.29, 0.717) is 27.6 Å². The number of nitrogens with zero attached hydrogens (tertiary/aromatic N) is 1. The highest BCUT2D eigenvalue weighted by molar-refractivity contribution is 9.10. The lowest BCUT2D eigenvalue weighted by Gasteiger charge is -2.16. The normalized spacial score (nSPS) is 10.5. The SMILES string of the molecule is CN(Cc1ccc(Br)o1)C(=O)c1cc(Br)ccc1Cl. The Bertz CT molecular complexity index is 612. The molecule has 2 rings (SSSR count). The van der Waals surface area contributed by atoms with Crippen molar-refractivity contribution in [3.8, 4) is 0 Å². The van der Waals surface area contributed by atoms with Crippen molar-refractivity contribution in [2.75, 3.05) is 7.05 Å². The molecule has 0 saturated heterocycles. The summed E-state index contributed by atoms with van der Waals surface area (Å²) < 4.78 is 6.83. The fraction of sp³-hybridized carbons (Fsp3) is 0.154. The van der Waals surface area contributed by atoms with Crippen LogP contribution in [0.2, 0.25) is 5.02 Å². The summed E-state index contributed by atoms with van der Waals surface area (Å²) in [6, 6.07) is 8.80. The molecule has 0 unspecified atom stereocenters. The van der Waals surface area contributed by atoms with E-state index >= 15 is 0 Å². The van der Waals surface area contributed by atoms with E-state index in [9.17, 15) is 4.79 Å². The third-order valence-corrected chi connectivity index (χ3v) is 3.78. The van der Waals surface area contributed by atoms with Crippen molar-refractivity contribution in [2.45, 2.75) is 6.54 Å². The average Bonchev–Trinajstić information content (AvgIpc) is 2.77. The predicted molar refractivity (Wildman–Crippen MR) is 81.4 cm³/mol.